The molecule has 7 nitrogen and oxygen atoms in total. The summed E-state index contributed by atoms with van der Waals surface area (Å²) in [5, 5.41) is 9.04. The fourth-order valence-corrected chi connectivity index (χ4v) is 2.51. The summed E-state index contributed by atoms with van der Waals surface area (Å²) in [6, 6.07) is 3.40. The predicted octanol–water partition coefficient (Wildman–Crippen LogP) is 1.15. The largest absolute Gasteiger partial charge is 0.496 e. The number of likely N-dealkylation sites (tertiary alicyclic amines) is 1. The fraction of sp³-hybridized carbons (Fsp3) is 0.467. The van der Waals surface area contributed by atoms with E-state index >= 15 is 0 Å². The van der Waals surface area contributed by atoms with Crippen molar-refractivity contribution in [1.29, 1.82) is 0 Å². The first-order valence-corrected chi connectivity index (χ1v) is 6.79. The normalized spacial score (nSPS) is 17.5. The second-order valence-electron chi connectivity index (χ2n) is 5.02. The van der Waals surface area contributed by atoms with Crippen LogP contribution < -0.4 is 14.2 Å². The van der Waals surface area contributed by atoms with E-state index in [0.717, 1.165) is 0 Å². The molecular formula is C15H19NO6. The monoisotopic (exact) mass is 309 g/mol. The molecule has 0 aromatic heterocycles. The number of methoxy groups -OCH3 is 3. The Kier molecular flexibility index (Phi) is 4.75. The minimum atomic E-state index is -0.954. The zero-order valence-electron chi connectivity index (χ0n) is 12.8. The first-order valence-electron chi connectivity index (χ1n) is 6.79. The van der Waals surface area contributed by atoms with Crippen LogP contribution in [0.5, 0.6) is 17.2 Å². The summed E-state index contributed by atoms with van der Waals surface area (Å²) in [4.78, 5) is 24.5. The van der Waals surface area contributed by atoms with Gasteiger partial charge in [0, 0.05) is 25.1 Å². The molecule has 1 aliphatic heterocycles. The molecule has 0 aliphatic carbocycles. The number of carboxylic acids is 1. The standard InChI is InChI=1S/C15H19NO6/c1-20-10-5-12(21-2)11(13(6-10)22-3)8-16-7-9(15(18)19)4-14(16)17/h5-6,9H,4,7-8H2,1-3H3,(H,18,19). The lowest BCUT2D eigenvalue weighted by molar-refractivity contribution is -0.141. The molecule has 2 rings (SSSR count). The average Bonchev–Trinajstić information content (AvgIpc) is 2.88. The Morgan fingerprint density at radius 2 is 1.82 bits per heavy atom. The summed E-state index contributed by atoms with van der Waals surface area (Å²) in [5.41, 5.74) is 0.685. The van der Waals surface area contributed by atoms with Gasteiger partial charge in [-0.2, -0.15) is 0 Å². The van der Waals surface area contributed by atoms with E-state index in [1.807, 2.05) is 0 Å². The lowest BCUT2D eigenvalue weighted by Crippen LogP contribution is -2.26. The summed E-state index contributed by atoms with van der Waals surface area (Å²) in [6.45, 7) is 0.422. The second kappa shape index (κ2) is 6.55. The highest BCUT2D eigenvalue weighted by Gasteiger charge is 2.35. The van der Waals surface area contributed by atoms with Crippen molar-refractivity contribution in [2.24, 2.45) is 5.92 Å². The van der Waals surface area contributed by atoms with Crippen LogP contribution in [0.1, 0.15) is 12.0 Å². The van der Waals surface area contributed by atoms with Crippen LogP contribution in [0.15, 0.2) is 12.1 Å². The number of nitrogens with zero attached hydrogens (tertiary/aromatic N) is 1. The van der Waals surface area contributed by atoms with Crippen LogP contribution in [0, 0.1) is 5.92 Å². The Hall–Kier alpha value is -2.44. The summed E-state index contributed by atoms with van der Waals surface area (Å²) >= 11 is 0. The molecule has 120 valence electrons. The molecule has 1 unspecified atom stereocenters. The maximum atomic E-state index is 12.0. The molecule has 22 heavy (non-hydrogen) atoms. The molecule has 1 amide bonds. The maximum Gasteiger partial charge on any atom is 0.308 e. The molecule has 1 fully saturated rings. The van der Waals surface area contributed by atoms with Gasteiger partial charge in [-0.05, 0) is 0 Å². The quantitative estimate of drug-likeness (QED) is 0.848. The Bertz CT molecular complexity index is 560. The number of ether oxygens (including phenoxy) is 3. The third-order valence-electron chi connectivity index (χ3n) is 3.73. The Balaban J connectivity index is 2.29. The molecule has 0 spiro atoms. The Morgan fingerprint density at radius 3 is 2.23 bits per heavy atom. The number of hydrogen-bond donors (Lipinski definition) is 1. The predicted molar refractivity (Wildman–Crippen MR) is 77.3 cm³/mol. The van der Waals surface area contributed by atoms with Gasteiger partial charge in [0.2, 0.25) is 5.91 Å². The van der Waals surface area contributed by atoms with Crippen molar-refractivity contribution in [3.8, 4) is 17.2 Å². The summed E-state index contributed by atoms with van der Waals surface area (Å²) in [7, 11) is 4.57. The van der Waals surface area contributed by atoms with Gasteiger partial charge in [0.25, 0.3) is 0 Å². The van der Waals surface area contributed by atoms with E-state index in [2.05, 4.69) is 0 Å². The van der Waals surface area contributed by atoms with Crippen molar-refractivity contribution in [3.63, 3.8) is 0 Å². The third-order valence-corrected chi connectivity index (χ3v) is 3.73. The van der Waals surface area contributed by atoms with Crippen molar-refractivity contribution in [1.82, 2.24) is 4.90 Å². The number of carboxylic acid groups (broad SMARTS) is 1. The molecule has 0 bridgehead atoms. The van der Waals surface area contributed by atoms with Crippen LogP contribution in [0.4, 0.5) is 0 Å². The number of aliphatic carboxylic acids is 1. The van der Waals surface area contributed by atoms with Gasteiger partial charge in [-0.3, -0.25) is 9.59 Å². The maximum absolute atomic E-state index is 12.0. The summed E-state index contributed by atoms with van der Waals surface area (Å²) in [6.07, 6.45) is 0.0239. The van der Waals surface area contributed by atoms with E-state index in [4.69, 9.17) is 19.3 Å². The van der Waals surface area contributed by atoms with Crippen LogP contribution in [-0.4, -0.2) is 49.8 Å². The molecule has 0 radical (unpaired) electrons. The van der Waals surface area contributed by atoms with Crippen molar-refractivity contribution in [2.45, 2.75) is 13.0 Å². The van der Waals surface area contributed by atoms with E-state index in [-0.39, 0.29) is 25.4 Å². The van der Waals surface area contributed by atoms with Gasteiger partial charge in [0.1, 0.15) is 17.2 Å². The number of amides is 1. The van der Waals surface area contributed by atoms with E-state index in [1.165, 1.54) is 26.2 Å². The highest BCUT2D eigenvalue weighted by atomic mass is 16.5. The van der Waals surface area contributed by atoms with E-state index < -0.39 is 11.9 Å². The topological polar surface area (TPSA) is 85.3 Å². The lowest BCUT2D eigenvalue weighted by atomic mass is 10.1. The van der Waals surface area contributed by atoms with Gasteiger partial charge >= 0.3 is 5.97 Å². The Labute approximate surface area is 128 Å². The van der Waals surface area contributed by atoms with Gasteiger partial charge in [-0.1, -0.05) is 0 Å². The van der Waals surface area contributed by atoms with Gasteiger partial charge in [0.15, 0.2) is 0 Å². The van der Waals surface area contributed by atoms with Gasteiger partial charge in [-0.25, -0.2) is 0 Å². The van der Waals surface area contributed by atoms with Crippen LogP contribution in [-0.2, 0) is 16.1 Å². The van der Waals surface area contributed by atoms with Crippen LogP contribution in [0.25, 0.3) is 0 Å². The fourth-order valence-electron chi connectivity index (χ4n) is 2.51. The molecular weight excluding hydrogens is 290 g/mol. The van der Waals surface area contributed by atoms with Crippen molar-refractivity contribution in [3.05, 3.63) is 17.7 Å². The molecule has 1 aliphatic rings. The first-order chi connectivity index (χ1) is 10.5. The minimum absolute atomic E-state index is 0.0239. The van der Waals surface area contributed by atoms with Crippen LogP contribution in [0.3, 0.4) is 0 Å². The molecule has 1 aromatic rings. The summed E-state index contributed by atoms with van der Waals surface area (Å²) in [5.74, 6) is -0.168. The second-order valence-corrected chi connectivity index (χ2v) is 5.02. The third kappa shape index (κ3) is 3.08. The number of hydrogen-bond acceptors (Lipinski definition) is 5. The Morgan fingerprint density at radius 1 is 1.23 bits per heavy atom. The smallest absolute Gasteiger partial charge is 0.308 e. The number of carbonyl (C=O) groups excluding carboxylic acids is 1. The van der Waals surface area contributed by atoms with Crippen LogP contribution in [0.2, 0.25) is 0 Å². The zero-order chi connectivity index (χ0) is 16.3. The minimum Gasteiger partial charge on any atom is -0.496 e. The lowest BCUT2D eigenvalue weighted by Gasteiger charge is -2.20. The highest BCUT2D eigenvalue weighted by Crippen LogP contribution is 2.36. The molecule has 1 heterocycles. The summed E-state index contributed by atoms with van der Waals surface area (Å²) < 4.78 is 15.8. The van der Waals surface area contributed by atoms with E-state index in [1.54, 1.807) is 12.1 Å². The van der Waals surface area contributed by atoms with Crippen molar-refractivity contribution in [2.75, 3.05) is 27.9 Å². The van der Waals surface area contributed by atoms with E-state index in [0.29, 0.717) is 22.8 Å². The molecule has 1 saturated heterocycles. The SMILES string of the molecule is COc1cc(OC)c(CN2CC(C(=O)O)CC2=O)c(OC)c1. The molecule has 7 heteroatoms. The van der Waals surface area contributed by atoms with Gasteiger partial charge in [-0.15, -0.1) is 0 Å². The van der Waals surface area contributed by atoms with Crippen molar-refractivity contribution >= 4 is 11.9 Å². The number of rotatable bonds is 6. The van der Waals surface area contributed by atoms with Crippen molar-refractivity contribution < 1.29 is 28.9 Å². The van der Waals surface area contributed by atoms with Crippen LogP contribution >= 0.6 is 0 Å². The number of carbonyl (C=O) groups is 2. The number of benzene rings is 1. The van der Waals surface area contributed by atoms with Gasteiger partial charge in [0.05, 0.1) is 39.4 Å². The highest BCUT2D eigenvalue weighted by molar-refractivity contribution is 5.86. The first kappa shape index (κ1) is 15.9. The molecule has 1 aromatic carbocycles. The molecule has 1 atom stereocenters. The molecule has 1 N–H and O–H groups in total. The van der Waals surface area contributed by atoms with Gasteiger partial charge < -0.3 is 24.2 Å². The average molecular weight is 309 g/mol. The molecule has 0 saturated carbocycles. The zero-order valence-corrected chi connectivity index (χ0v) is 12.8. The van der Waals surface area contributed by atoms with E-state index in [9.17, 15) is 9.59 Å².